The van der Waals surface area contributed by atoms with Gasteiger partial charge in [0.2, 0.25) is 10.0 Å². The Morgan fingerprint density at radius 3 is 2.61 bits per heavy atom. The van der Waals surface area contributed by atoms with Gasteiger partial charge >= 0.3 is 5.97 Å². The van der Waals surface area contributed by atoms with E-state index in [1.807, 2.05) is 0 Å². The molecule has 1 aliphatic rings. The largest absolute Gasteiger partial charge is 0.480 e. The average Bonchev–Trinajstić information content (AvgIpc) is 2.94. The number of nitrogens with zero attached hydrogens (tertiary/aromatic N) is 1. The summed E-state index contributed by atoms with van der Waals surface area (Å²) in [5.74, 6) is -1.19. The van der Waals surface area contributed by atoms with Crippen LogP contribution < -0.4 is 0 Å². The molecule has 1 unspecified atom stereocenters. The van der Waals surface area contributed by atoms with Crippen LogP contribution >= 0.6 is 0 Å². The number of rotatable bonds is 7. The summed E-state index contributed by atoms with van der Waals surface area (Å²) < 4.78 is 37.3. The van der Waals surface area contributed by atoms with Gasteiger partial charge < -0.3 is 14.6 Å². The van der Waals surface area contributed by atoms with Crippen LogP contribution in [0.2, 0.25) is 0 Å². The number of carboxylic acid groups (broad SMARTS) is 1. The molecule has 1 fully saturated rings. The predicted molar refractivity (Wildman–Crippen MR) is 82.5 cm³/mol. The third kappa shape index (κ3) is 3.12. The summed E-state index contributed by atoms with van der Waals surface area (Å²) in [5.41, 5.74) is -1.06. The van der Waals surface area contributed by atoms with Crippen LogP contribution in [0.4, 0.5) is 0 Å². The molecular formula is C15H21NO6S. The van der Waals surface area contributed by atoms with E-state index in [1.54, 1.807) is 18.2 Å². The van der Waals surface area contributed by atoms with Gasteiger partial charge in [-0.1, -0.05) is 18.2 Å². The molecule has 8 heteroatoms. The van der Waals surface area contributed by atoms with Gasteiger partial charge in [0.15, 0.2) is 5.54 Å². The highest BCUT2D eigenvalue weighted by molar-refractivity contribution is 7.89. The molecule has 1 saturated heterocycles. The molecule has 23 heavy (non-hydrogen) atoms. The normalized spacial score (nSPS) is 22.3. The van der Waals surface area contributed by atoms with E-state index >= 15 is 0 Å². The van der Waals surface area contributed by atoms with Crippen molar-refractivity contribution in [3.63, 3.8) is 0 Å². The second-order valence-electron chi connectivity index (χ2n) is 5.49. The molecule has 1 N–H and O–H groups in total. The first-order chi connectivity index (χ1) is 10.9. The molecule has 0 amide bonds. The van der Waals surface area contributed by atoms with Crippen molar-refractivity contribution in [2.75, 3.05) is 27.4 Å². The summed E-state index contributed by atoms with van der Waals surface area (Å²) in [6, 6.07) is 6.46. The summed E-state index contributed by atoms with van der Waals surface area (Å²) in [5, 5.41) is 9.64. The first-order valence-electron chi connectivity index (χ1n) is 7.22. The summed E-state index contributed by atoms with van der Waals surface area (Å²) in [6.07, 6.45) is 0.698. The van der Waals surface area contributed by atoms with Crippen molar-refractivity contribution in [1.29, 1.82) is 0 Å². The number of carboxylic acids is 1. The third-order valence-electron chi connectivity index (χ3n) is 4.05. The van der Waals surface area contributed by atoms with Crippen molar-refractivity contribution in [2.45, 2.75) is 29.9 Å². The first-order valence-corrected chi connectivity index (χ1v) is 8.66. The maximum Gasteiger partial charge on any atom is 0.327 e. The van der Waals surface area contributed by atoms with E-state index in [2.05, 4.69) is 0 Å². The minimum Gasteiger partial charge on any atom is -0.480 e. The fourth-order valence-electron chi connectivity index (χ4n) is 3.01. The van der Waals surface area contributed by atoms with Crippen LogP contribution in [0, 0.1) is 0 Å². The van der Waals surface area contributed by atoms with E-state index in [4.69, 9.17) is 9.47 Å². The predicted octanol–water partition coefficient (Wildman–Crippen LogP) is 1.09. The smallest absolute Gasteiger partial charge is 0.327 e. The first kappa shape index (κ1) is 17.9. The van der Waals surface area contributed by atoms with Gasteiger partial charge in [0.05, 0.1) is 18.1 Å². The zero-order valence-electron chi connectivity index (χ0n) is 13.2. The number of benzene rings is 1. The zero-order valence-corrected chi connectivity index (χ0v) is 14.0. The Balaban J connectivity index is 2.52. The molecule has 1 heterocycles. The molecule has 0 spiro atoms. The Morgan fingerprint density at radius 2 is 2.00 bits per heavy atom. The van der Waals surface area contributed by atoms with Gasteiger partial charge in [0.1, 0.15) is 0 Å². The van der Waals surface area contributed by atoms with Gasteiger partial charge in [-0.15, -0.1) is 0 Å². The maximum atomic E-state index is 13.1. The standard InChI is InChI=1S/C15H21NO6S/c1-21-10-12-6-3-4-7-13(12)23(19,20)16-9-5-8-15(16,11-22-2)14(17)18/h3-4,6-7H,5,8-11H2,1-2H3,(H,17,18). The van der Waals surface area contributed by atoms with Crippen LogP contribution in [-0.2, 0) is 30.9 Å². The van der Waals surface area contributed by atoms with Gasteiger partial charge in [-0.2, -0.15) is 4.31 Å². The fraction of sp³-hybridized carbons (Fsp3) is 0.533. The lowest BCUT2D eigenvalue weighted by Gasteiger charge is -2.33. The molecule has 0 aliphatic carbocycles. The Labute approximate surface area is 135 Å². The van der Waals surface area contributed by atoms with Gasteiger partial charge in [-0.05, 0) is 24.5 Å². The zero-order chi connectivity index (χ0) is 17.1. The Kier molecular flexibility index (Phi) is 5.41. The second-order valence-corrected chi connectivity index (χ2v) is 7.32. The van der Waals surface area contributed by atoms with E-state index < -0.39 is 21.5 Å². The molecule has 0 aromatic heterocycles. The SMILES string of the molecule is COCc1ccccc1S(=O)(=O)N1CCCC1(COC)C(=O)O. The average molecular weight is 343 g/mol. The molecule has 7 nitrogen and oxygen atoms in total. The molecule has 0 saturated carbocycles. The Hall–Kier alpha value is -1.48. The Bertz CT molecular complexity index is 674. The summed E-state index contributed by atoms with van der Waals surface area (Å²) >= 11 is 0. The summed E-state index contributed by atoms with van der Waals surface area (Å²) in [4.78, 5) is 11.9. The van der Waals surface area contributed by atoms with Gasteiger partial charge in [-0.25, -0.2) is 8.42 Å². The number of sulfonamides is 1. The van der Waals surface area contributed by atoms with E-state index in [0.29, 0.717) is 12.0 Å². The van der Waals surface area contributed by atoms with Crippen LogP contribution in [0.15, 0.2) is 29.2 Å². The van der Waals surface area contributed by atoms with Crippen molar-refractivity contribution in [1.82, 2.24) is 4.31 Å². The van der Waals surface area contributed by atoms with Gasteiger partial charge in [0, 0.05) is 20.8 Å². The lowest BCUT2D eigenvalue weighted by Crippen LogP contribution is -2.56. The molecule has 128 valence electrons. The van der Waals surface area contributed by atoms with Crippen molar-refractivity contribution in [3.05, 3.63) is 29.8 Å². The van der Waals surface area contributed by atoms with Crippen LogP contribution in [-0.4, -0.2) is 56.7 Å². The third-order valence-corrected chi connectivity index (χ3v) is 6.12. The highest BCUT2D eigenvalue weighted by Gasteiger charge is 2.53. The molecule has 1 aromatic rings. The lowest BCUT2D eigenvalue weighted by atomic mass is 9.99. The van der Waals surface area contributed by atoms with Crippen molar-refractivity contribution < 1.29 is 27.8 Å². The summed E-state index contributed by atoms with van der Waals surface area (Å²) in [6.45, 7) is 0.0981. The number of carbonyl (C=O) groups is 1. The highest BCUT2D eigenvalue weighted by atomic mass is 32.2. The number of hydrogen-bond acceptors (Lipinski definition) is 5. The lowest BCUT2D eigenvalue weighted by molar-refractivity contribution is -0.150. The number of aliphatic carboxylic acids is 1. The molecule has 1 atom stereocenters. The number of ether oxygens (including phenoxy) is 2. The van der Waals surface area contributed by atoms with Crippen LogP contribution in [0.1, 0.15) is 18.4 Å². The van der Waals surface area contributed by atoms with Crippen molar-refractivity contribution in [3.8, 4) is 0 Å². The quantitative estimate of drug-likeness (QED) is 0.796. The molecular weight excluding hydrogens is 322 g/mol. The number of methoxy groups -OCH3 is 2. The summed E-state index contributed by atoms with van der Waals surface area (Å²) in [7, 11) is -1.13. The van der Waals surface area contributed by atoms with Crippen molar-refractivity contribution in [2.24, 2.45) is 0 Å². The fourth-order valence-corrected chi connectivity index (χ4v) is 5.01. The van der Waals surface area contributed by atoms with E-state index in [9.17, 15) is 18.3 Å². The van der Waals surface area contributed by atoms with Crippen LogP contribution in [0.25, 0.3) is 0 Å². The van der Waals surface area contributed by atoms with Crippen LogP contribution in [0.3, 0.4) is 0 Å². The minimum absolute atomic E-state index is 0.0745. The molecule has 1 aliphatic heterocycles. The van der Waals surface area contributed by atoms with E-state index in [1.165, 1.54) is 20.3 Å². The molecule has 2 rings (SSSR count). The van der Waals surface area contributed by atoms with Gasteiger partial charge in [0.25, 0.3) is 0 Å². The molecule has 0 bridgehead atoms. The minimum atomic E-state index is -3.97. The molecule has 1 aromatic carbocycles. The topological polar surface area (TPSA) is 93.1 Å². The Morgan fingerprint density at radius 1 is 1.30 bits per heavy atom. The maximum absolute atomic E-state index is 13.1. The van der Waals surface area contributed by atoms with Gasteiger partial charge in [-0.3, -0.25) is 4.79 Å². The monoisotopic (exact) mass is 343 g/mol. The van der Waals surface area contributed by atoms with Crippen molar-refractivity contribution >= 4 is 16.0 Å². The second kappa shape index (κ2) is 6.96. The molecule has 0 radical (unpaired) electrons. The number of hydrogen-bond donors (Lipinski definition) is 1. The van der Waals surface area contributed by atoms with Crippen LogP contribution in [0.5, 0.6) is 0 Å². The highest BCUT2D eigenvalue weighted by Crippen LogP contribution is 2.36. The van der Waals surface area contributed by atoms with E-state index in [-0.39, 0.29) is 31.1 Å². The van der Waals surface area contributed by atoms with E-state index in [0.717, 1.165) is 4.31 Å².